The van der Waals surface area contributed by atoms with Crippen molar-refractivity contribution in [3.63, 3.8) is 0 Å². The van der Waals surface area contributed by atoms with E-state index >= 15 is 0 Å². The Hall–Kier alpha value is -1.13. The fourth-order valence-corrected chi connectivity index (χ4v) is 3.35. The summed E-state index contributed by atoms with van der Waals surface area (Å²) in [4.78, 5) is 2.40. The minimum atomic E-state index is 0.629. The van der Waals surface area contributed by atoms with E-state index in [0.29, 0.717) is 5.92 Å². The molecule has 1 aromatic carbocycles. The molecule has 3 rings (SSSR count). The standard InChI is InChI=1S/C13H17N3S/c14-8-10-4-3-7-16(9-10)13-11-5-1-2-6-12(11)17-15-13/h1-2,5-6,10H,3-4,7-9,14H2/t10-/m0/s1. The van der Waals surface area contributed by atoms with Crippen molar-refractivity contribution < 1.29 is 0 Å². The number of fused-ring (bicyclic) bond motifs is 1. The van der Waals surface area contributed by atoms with Crippen LogP contribution in [0.2, 0.25) is 0 Å². The van der Waals surface area contributed by atoms with Crippen LogP contribution in [-0.4, -0.2) is 24.0 Å². The number of aromatic nitrogens is 1. The van der Waals surface area contributed by atoms with Gasteiger partial charge in [-0.3, -0.25) is 0 Å². The van der Waals surface area contributed by atoms with E-state index in [2.05, 4.69) is 33.5 Å². The van der Waals surface area contributed by atoms with Crippen molar-refractivity contribution in [3.8, 4) is 0 Å². The molecule has 90 valence electrons. The highest BCUT2D eigenvalue weighted by molar-refractivity contribution is 7.13. The highest BCUT2D eigenvalue weighted by atomic mass is 32.1. The van der Waals surface area contributed by atoms with Crippen LogP contribution < -0.4 is 10.6 Å². The lowest BCUT2D eigenvalue weighted by Crippen LogP contribution is -2.38. The number of piperidine rings is 1. The predicted molar refractivity (Wildman–Crippen MR) is 73.6 cm³/mol. The van der Waals surface area contributed by atoms with Gasteiger partial charge < -0.3 is 10.6 Å². The van der Waals surface area contributed by atoms with Gasteiger partial charge in [0.1, 0.15) is 5.82 Å². The summed E-state index contributed by atoms with van der Waals surface area (Å²) in [5.41, 5.74) is 5.79. The molecule has 4 heteroatoms. The molecule has 0 unspecified atom stereocenters. The Kier molecular flexibility index (Phi) is 2.99. The maximum atomic E-state index is 5.79. The number of nitrogens with zero attached hydrogens (tertiary/aromatic N) is 2. The van der Waals surface area contributed by atoms with Crippen LogP contribution in [0.1, 0.15) is 12.8 Å². The van der Waals surface area contributed by atoms with Crippen LogP contribution in [0.4, 0.5) is 5.82 Å². The number of nitrogens with two attached hydrogens (primary N) is 1. The van der Waals surface area contributed by atoms with E-state index in [1.165, 1.54) is 22.9 Å². The Morgan fingerprint density at radius 2 is 2.29 bits per heavy atom. The average Bonchev–Trinajstić information content (AvgIpc) is 2.82. The third kappa shape index (κ3) is 2.03. The second-order valence-electron chi connectivity index (χ2n) is 4.69. The zero-order chi connectivity index (χ0) is 11.7. The number of anilines is 1. The lowest BCUT2D eigenvalue weighted by Gasteiger charge is -2.32. The SMILES string of the molecule is NC[C@@H]1CCCN(c2nsc3ccccc23)C1. The highest BCUT2D eigenvalue weighted by Crippen LogP contribution is 2.31. The van der Waals surface area contributed by atoms with Crippen molar-refractivity contribution in [1.29, 1.82) is 0 Å². The minimum Gasteiger partial charge on any atom is -0.355 e. The van der Waals surface area contributed by atoms with Crippen molar-refractivity contribution in [2.24, 2.45) is 11.7 Å². The minimum absolute atomic E-state index is 0.629. The zero-order valence-corrected chi connectivity index (χ0v) is 10.6. The molecule has 0 spiro atoms. The first-order chi connectivity index (χ1) is 8.38. The van der Waals surface area contributed by atoms with Crippen molar-refractivity contribution in [2.45, 2.75) is 12.8 Å². The predicted octanol–water partition coefficient (Wildman–Crippen LogP) is 2.47. The van der Waals surface area contributed by atoms with E-state index in [1.807, 2.05) is 0 Å². The zero-order valence-electron chi connectivity index (χ0n) is 9.80. The Bertz CT molecular complexity index is 508. The van der Waals surface area contributed by atoms with Crippen LogP contribution in [0.15, 0.2) is 24.3 Å². The Morgan fingerprint density at radius 1 is 1.41 bits per heavy atom. The first kappa shape index (κ1) is 11.0. The van der Waals surface area contributed by atoms with E-state index in [1.54, 1.807) is 11.5 Å². The molecule has 17 heavy (non-hydrogen) atoms. The van der Waals surface area contributed by atoms with E-state index in [-0.39, 0.29) is 0 Å². The van der Waals surface area contributed by atoms with Crippen LogP contribution in [0.3, 0.4) is 0 Å². The first-order valence-corrected chi connectivity index (χ1v) is 6.95. The Morgan fingerprint density at radius 3 is 3.18 bits per heavy atom. The molecule has 2 N–H and O–H groups in total. The second-order valence-corrected chi connectivity index (χ2v) is 5.50. The molecule has 0 bridgehead atoms. The van der Waals surface area contributed by atoms with E-state index < -0.39 is 0 Å². The molecule has 1 atom stereocenters. The van der Waals surface area contributed by atoms with Gasteiger partial charge in [0.05, 0.1) is 4.70 Å². The van der Waals surface area contributed by atoms with Crippen LogP contribution in [0, 0.1) is 5.92 Å². The molecule has 1 aliphatic heterocycles. The smallest absolute Gasteiger partial charge is 0.150 e. The van der Waals surface area contributed by atoms with Gasteiger partial charge in [-0.25, -0.2) is 0 Å². The number of hydrogen-bond donors (Lipinski definition) is 1. The molecule has 2 heterocycles. The van der Waals surface area contributed by atoms with Gasteiger partial charge in [0.2, 0.25) is 0 Å². The Balaban J connectivity index is 1.92. The highest BCUT2D eigenvalue weighted by Gasteiger charge is 2.21. The topological polar surface area (TPSA) is 42.1 Å². The quantitative estimate of drug-likeness (QED) is 0.886. The largest absolute Gasteiger partial charge is 0.355 e. The van der Waals surface area contributed by atoms with Gasteiger partial charge >= 0.3 is 0 Å². The molecule has 3 nitrogen and oxygen atoms in total. The summed E-state index contributed by atoms with van der Waals surface area (Å²) in [7, 11) is 0. The van der Waals surface area contributed by atoms with Gasteiger partial charge in [0.15, 0.2) is 0 Å². The third-order valence-electron chi connectivity index (χ3n) is 3.51. The van der Waals surface area contributed by atoms with E-state index in [4.69, 9.17) is 5.73 Å². The van der Waals surface area contributed by atoms with Gasteiger partial charge in [0.25, 0.3) is 0 Å². The Labute approximate surface area is 105 Å². The lowest BCUT2D eigenvalue weighted by molar-refractivity contribution is 0.423. The number of hydrogen-bond acceptors (Lipinski definition) is 4. The molecular weight excluding hydrogens is 230 g/mol. The normalized spacial score (nSPS) is 21.0. The molecule has 0 saturated carbocycles. The maximum absolute atomic E-state index is 5.79. The van der Waals surface area contributed by atoms with Crippen LogP contribution >= 0.6 is 11.5 Å². The molecule has 0 radical (unpaired) electrons. The molecule has 0 amide bonds. The molecule has 1 saturated heterocycles. The molecule has 2 aromatic rings. The molecular formula is C13H17N3S. The van der Waals surface area contributed by atoms with Crippen molar-refractivity contribution in [3.05, 3.63) is 24.3 Å². The van der Waals surface area contributed by atoms with Crippen molar-refractivity contribution >= 4 is 27.4 Å². The van der Waals surface area contributed by atoms with Gasteiger partial charge in [-0.1, -0.05) is 12.1 Å². The second kappa shape index (κ2) is 4.63. The lowest BCUT2D eigenvalue weighted by atomic mass is 9.98. The summed E-state index contributed by atoms with van der Waals surface area (Å²) in [6, 6.07) is 8.47. The van der Waals surface area contributed by atoms with Gasteiger partial charge in [-0.2, -0.15) is 4.37 Å². The maximum Gasteiger partial charge on any atom is 0.150 e. The fourth-order valence-electron chi connectivity index (χ4n) is 2.55. The number of benzene rings is 1. The van der Waals surface area contributed by atoms with Crippen LogP contribution in [0.25, 0.3) is 10.1 Å². The van der Waals surface area contributed by atoms with Gasteiger partial charge in [0, 0.05) is 18.5 Å². The van der Waals surface area contributed by atoms with Gasteiger partial charge in [-0.05, 0) is 49.0 Å². The molecule has 1 aliphatic rings. The summed E-state index contributed by atoms with van der Waals surface area (Å²) < 4.78 is 5.89. The van der Waals surface area contributed by atoms with E-state index in [9.17, 15) is 0 Å². The average molecular weight is 247 g/mol. The monoisotopic (exact) mass is 247 g/mol. The van der Waals surface area contributed by atoms with E-state index in [0.717, 1.165) is 25.5 Å². The molecule has 1 fully saturated rings. The van der Waals surface area contributed by atoms with Crippen molar-refractivity contribution in [1.82, 2.24) is 4.37 Å². The summed E-state index contributed by atoms with van der Waals surface area (Å²) in [5.74, 6) is 1.79. The van der Waals surface area contributed by atoms with Crippen molar-refractivity contribution in [2.75, 3.05) is 24.5 Å². The van der Waals surface area contributed by atoms with Crippen LogP contribution in [-0.2, 0) is 0 Å². The van der Waals surface area contributed by atoms with Crippen LogP contribution in [0.5, 0.6) is 0 Å². The molecule has 1 aromatic heterocycles. The first-order valence-electron chi connectivity index (χ1n) is 6.18. The number of rotatable bonds is 2. The summed E-state index contributed by atoms with van der Waals surface area (Å²) in [6.07, 6.45) is 2.49. The summed E-state index contributed by atoms with van der Waals surface area (Å²) in [5, 5.41) is 1.29. The molecule has 0 aliphatic carbocycles. The van der Waals surface area contributed by atoms with Gasteiger partial charge in [-0.15, -0.1) is 0 Å². The summed E-state index contributed by atoms with van der Waals surface area (Å²) >= 11 is 1.59. The fraction of sp³-hybridized carbons (Fsp3) is 0.462. The third-order valence-corrected chi connectivity index (χ3v) is 4.33. The summed E-state index contributed by atoms with van der Waals surface area (Å²) in [6.45, 7) is 2.97.